The molecule has 78 valence electrons. The molecule has 1 aromatic rings. The van der Waals surface area contributed by atoms with E-state index in [0.29, 0.717) is 0 Å². The highest BCUT2D eigenvalue weighted by Crippen LogP contribution is 2.31. The van der Waals surface area contributed by atoms with Crippen molar-refractivity contribution in [2.75, 3.05) is 0 Å². The van der Waals surface area contributed by atoms with Gasteiger partial charge in [-0.15, -0.1) is 0 Å². The van der Waals surface area contributed by atoms with Crippen LogP contribution in [0.15, 0.2) is 12.1 Å². The molecule has 0 aliphatic rings. The smallest absolute Gasteiger partial charge is 0.246 e. The van der Waals surface area contributed by atoms with Gasteiger partial charge in [-0.05, 0) is 12.1 Å². The molecule has 0 saturated carbocycles. The van der Waals surface area contributed by atoms with Crippen LogP contribution in [-0.2, 0) is 12.9 Å². The van der Waals surface area contributed by atoms with Crippen LogP contribution in [0.2, 0.25) is 0 Å². The summed E-state index contributed by atoms with van der Waals surface area (Å²) < 4.78 is 73.1. The fourth-order valence-electron chi connectivity index (χ4n) is 0.894. The van der Waals surface area contributed by atoms with Crippen LogP contribution in [0.25, 0.3) is 0 Å². The lowest BCUT2D eigenvalue weighted by Gasteiger charge is -2.08. The minimum Gasteiger partial charge on any atom is -0.246 e. The maximum atomic E-state index is 12.7. The lowest BCUT2D eigenvalue weighted by atomic mass is 10.1. The fraction of sp³-hybridized carbons (Fsp3) is 0.250. The summed E-state index contributed by atoms with van der Waals surface area (Å²) in [6, 6.07) is 0.135. The number of halogens is 6. The third-order valence-electron chi connectivity index (χ3n) is 1.60. The Balaban J connectivity index is 3.28. The van der Waals surface area contributed by atoms with Crippen LogP contribution in [0.5, 0.6) is 0 Å². The van der Waals surface area contributed by atoms with Crippen LogP contribution in [0, 0.1) is 11.6 Å². The van der Waals surface area contributed by atoms with Crippen molar-refractivity contribution >= 4 is 0 Å². The van der Waals surface area contributed by atoms with Gasteiger partial charge in [0.25, 0.3) is 0 Å². The molecule has 1 rings (SSSR count). The van der Waals surface area contributed by atoms with Gasteiger partial charge in [-0.2, -0.15) is 13.2 Å². The van der Waals surface area contributed by atoms with Gasteiger partial charge in [0.1, 0.15) is 18.3 Å². The zero-order valence-electron chi connectivity index (χ0n) is 6.63. The van der Waals surface area contributed by atoms with Crippen LogP contribution >= 0.6 is 0 Å². The number of hydrogen-bond donors (Lipinski definition) is 0. The van der Waals surface area contributed by atoms with E-state index in [1.807, 2.05) is 0 Å². The molecule has 0 unspecified atom stereocenters. The third-order valence-corrected chi connectivity index (χ3v) is 1.60. The Morgan fingerprint density at radius 3 is 1.71 bits per heavy atom. The molecule has 14 heavy (non-hydrogen) atoms. The zero-order valence-corrected chi connectivity index (χ0v) is 6.63. The summed E-state index contributed by atoms with van der Waals surface area (Å²) in [6.45, 7) is -1.48. The quantitative estimate of drug-likeness (QED) is 0.628. The minimum absolute atomic E-state index is 0.0675. The van der Waals surface area contributed by atoms with Gasteiger partial charge in [0.2, 0.25) is 0 Å². The van der Waals surface area contributed by atoms with Crippen molar-refractivity contribution in [3.63, 3.8) is 0 Å². The molecule has 0 heterocycles. The molecule has 0 saturated heterocycles. The third kappa shape index (κ3) is 2.00. The molecule has 0 fully saturated rings. The Morgan fingerprint density at radius 2 is 1.43 bits per heavy atom. The summed E-state index contributed by atoms with van der Waals surface area (Å²) >= 11 is 0. The second kappa shape index (κ2) is 3.51. The van der Waals surface area contributed by atoms with Gasteiger partial charge >= 0.3 is 6.18 Å². The summed E-state index contributed by atoms with van der Waals surface area (Å²) in [5, 5.41) is 0. The first-order chi connectivity index (χ1) is 6.36. The standard InChI is InChI=1S/C8H4F6/c9-3-5-6(10)1-4(2-7(5)11)8(12,13)14/h1-2H,3H2. The van der Waals surface area contributed by atoms with E-state index in [2.05, 4.69) is 0 Å². The Kier molecular flexibility index (Phi) is 2.73. The van der Waals surface area contributed by atoms with Crippen molar-refractivity contribution < 1.29 is 26.3 Å². The summed E-state index contributed by atoms with van der Waals surface area (Å²) in [5.74, 6) is -3.06. The maximum Gasteiger partial charge on any atom is 0.416 e. The molecule has 0 spiro atoms. The number of benzene rings is 1. The number of hydrogen-bond acceptors (Lipinski definition) is 0. The molecule has 0 bridgehead atoms. The monoisotopic (exact) mass is 214 g/mol. The van der Waals surface area contributed by atoms with Crippen molar-refractivity contribution in [1.82, 2.24) is 0 Å². The molecule has 0 atom stereocenters. The molecule has 1 aromatic carbocycles. The van der Waals surface area contributed by atoms with E-state index >= 15 is 0 Å². The zero-order chi connectivity index (χ0) is 10.9. The second-order valence-corrected chi connectivity index (χ2v) is 2.55. The van der Waals surface area contributed by atoms with Crippen molar-refractivity contribution in [1.29, 1.82) is 0 Å². The van der Waals surface area contributed by atoms with E-state index in [0.717, 1.165) is 0 Å². The largest absolute Gasteiger partial charge is 0.416 e. The van der Waals surface area contributed by atoms with Crippen LogP contribution in [-0.4, -0.2) is 0 Å². The second-order valence-electron chi connectivity index (χ2n) is 2.55. The molecule has 6 heteroatoms. The summed E-state index contributed by atoms with van der Waals surface area (Å²) in [7, 11) is 0. The first-order valence-electron chi connectivity index (χ1n) is 3.47. The fourth-order valence-corrected chi connectivity index (χ4v) is 0.894. The Bertz CT molecular complexity index is 317. The Morgan fingerprint density at radius 1 is 1.00 bits per heavy atom. The van der Waals surface area contributed by atoms with Crippen LogP contribution in [0.4, 0.5) is 26.3 Å². The van der Waals surface area contributed by atoms with Crippen LogP contribution in [0.1, 0.15) is 11.1 Å². The maximum absolute atomic E-state index is 12.7. The average Bonchev–Trinajstić information content (AvgIpc) is 2.01. The van der Waals surface area contributed by atoms with Gasteiger partial charge in [-0.25, -0.2) is 13.2 Å². The van der Waals surface area contributed by atoms with Gasteiger partial charge < -0.3 is 0 Å². The molecular weight excluding hydrogens is 210 g/mol. The molecular formula is C8H4F6. The highest BCUT2D eigenvalue weighted by atomic mass is 19.4. The SMILES string of the molecule is FCc1c(F)cc(C(F)(F)F)cc1F. The van der Waals surface area contributed by atoms with E-state index < -0.39 is 35.6 Å². The molecule has 0 N–H and O–H groups in total. The van der Waals surface area contributed by atoms with Crippen LogP contribution < -0.4 is 0 Å². The van der Waals surface area contributed by atoms with E-state index in [1.54, 1.807) is 0 Å². The highest BCUT2D eigenvalue weighted by Gasteiger charge is 2.32. The first-order valence-corrected chi connectivity index (χ1v) is 3.47. The lowest BCUT2D eigenvalue weighted by molar-refractivity contribution is -0.138. The predicted octanol–water partition coefficient (Wildman–Crippen LogP) is 3.45. The summed E-state index contributed by atoms with van der Waals surface area (Å²) in [4.78, 5) is 0. The van der Waals surface area contributed by atoms with Gasteiger partial charge in [-0.3, -0.25) is 0 Å². The van der Waals surface area contributed by atoms with E-state index in [1.165, 1.54) is 0 Å². The van der Waals surface area contributed by atoms with Gasteiger partial charge in [0.05, 0.1) is 11.1 Å². The van der Waals surface area contributed by atoms with Gasteiger partial charge in [0.15, 0.2) is 0 Å². The topological polar surface area (TPSA) is 0 Å². The van der Waals surface area contributed by atoms with Crippen molar-refractivity contribution in [2.45, 2.75) is 12.9 Å². The van der Waals surface area contributed by atoms with Crippen molar-refractivity contribution in [2.24, 2.45) is 0 Å². The average molecular weight is 214 g/mol. The van der Waals surface area contributed by atoms with Gasteiger partial charge in [-0.1, -0.05) is 0 Å². The predicted molar refractivity (Wildman–Crippen MR) is 36.2 cm³/mol. The Hall–Kier alpha value is -1.20. The summed E-state index contributed by atoms with van der Waals surface area (Å²) in [5.41, 5.74) is -2.46. The van der Waals surface area contributed by atoms with E-state index in [-0.39, 0.29) is 12.1 Å². The number of alkyl halides is 4. The molecule has 0 amide bonds. The van der Waals surface area contributed by atoms with Crippen molar-refractivity contribution in [3.05, 3.63) is 34.9 Å². The molecule has 0 aliphatic heterocycles. The van der Waals surface area contributed by atoms with Gasteiger partial charge in [0, 0.05) is 0 Å². The molecule has 0 radical (unpaired) electrons. The van der Waals surface area contributed by atoms with E-state index in [4.69, 9.17) is 0 Å². The highest BCUT2D eigenvalue weighted by molar-refractivity contribution is 5.27. The minimum atomic E-state index is -4.84. The van der Waals surface area contributed by atoms with Crippen LogP contribution in [0.3, 0.4) is 0 Å². The molecule has 0 aromatic heterocycles. The first kappa shape index (κ1) is 10.9. The lowest BCUT2D eigenvalue weighted by Crippen LogP contribution is -2.07. The molecule has 0 aliphatic carbocycles. The summed E-state index contributed by atoms with van der Waals surface area (Å²) in [6.07, 6.45) is -4.84. The number of rotatable bonds is 1. The normalized spacial score (nSPS) is 11.9. The van der Waals surface area contributed by atoms with Crippen molar-refractivity contribution in [3.8, 4) is 0 Å². The Labute approximate surface area is 75.2 Å². The van der Waals surface area contributed by atoms with E-state index in [9.17, 15) is 26.3 Å². The molecule has 0 nitrogen and oxygen atoms in total.